The maximum atomic E-state index is 12.9. The molecule has 8 nitrogen and oxygen atoms in total. The normalized spacial score (nSPS) is 14.9. The summed E-state index contributed by atoms with van der Waals surface area (Å²) in [4.78, 5) is 31.1. The smallest absolute Gasteiger partial charge is 0.293 e. The van der Waals surface area contributed by atoms with E-state index in [0.29, 0.717) is 23.6 Å². The van der Waals surface area contributed by atoms with Crippen molar-refractivity contribution in [2.45, 2.75) is 25.8 Å². The Morgan fingerprint density at radius 1 is 1.19 bits per heavy atom. The molecule has 1 saturated heterocycles. The molecular formula is C22H24N4O4S. The number of thiazole rings is 1. The van der Waals surface area contributed by atoms with Gasteiger partial charge in [-0.1, -0.05) is 23.5 Å². The van der Waals surface area contributed by atoms with Crippen molar-refractivity contribution >= 4 is 38.8 Å². The highest BCUT2D eigenvalue weighted by molar-refractivity contribution is 7.16. The molecule has 9 heteroatoms. The predicted molar refractivity (Wildman–Crippen MR) is 121 cm³/mol. The van der Waals surface area contributed by atoms with Crippen molar-refractivity contribution in [1.29, 1.82) is 0 Å². The number of rotatable bonds is 6. The summed E-state index contributed by atoms with van der Waals surface area (Å²) in [6, 6.07) is 12.5. The van der Waals surface area contributed by atoms with Crippen LogP contribution in [0.2, 0.25) is 0 Å². The van der Waals surface area contributed by atoms with Crippen LogP contribution in [0.3, 0.4) is 0 Å². The van der Waals surface area contributed by atoms with Crippen LogP contribution < -0.4 is 9.70 Å². The number of nitrogens with zero attached hydrogens (tertiary/aromatic N) is 4. The molecule has 0 atom stereocenters. The first-order chi connectivity index (χ1) is 15.1. The Hall–Kier alpha value is -3.04. The Kier molecular flexibility index (Phi) is 6.43. The van der Waals surface area contributed by atoms with Gasteiger partial charge >= 0.3 is 0 Å². The van der Waals surface area contributed by atoms with Gasteiger partial charge in [-0.25, -0.2) is 0 Å². The molecule has 1 aromatic heterocycles. The minimum atomic E-state index is -0.494. The summed E-state index contributed by atoms with van der Waals surface area (Å²) in [7, 11) is 1.63. The van der Waals surface area contributed by atoms with E-state index >= 15 is 0 Å². The lowest BCUT2D eigenvalue weighted by Gasteiger charge is -2.28. The highest BCUT2D eigenvalue weighted by Gasteiger charge is 2.23. The Morgan fingerprint density at radius 2 is 1.97 bits per heavy atom. The van der Waals surface area contributed by atoms with E-state index in [1.807, 2.05) is 33.7 Å². The summed E-state index contributed by atoms with van der Waals surface area (Å²) in [6.07, 6.45) is 3.17. The number of fused-ring (bicyclic) bond motifs is 1. The van der Waals surface area contributed by atoms with Crippen LogP contribution in [0.1, 0.15) is 29.6 Å². The molecule has 31 heavy (non-hydrogen) atoms. The van der Waals surface area contributed by atoms with Crippen molar-refractivity contribution in [2.24, 2.45) is 4.99 Å². The second-order valence-electron chi connectivity index (χ2n) is 7.42. The number of ether oxygens (including phenoxy) is 1. The van der Waals surface area contributed by atoms with E-state index in [-0.39, 0.29) is 11.3 Å². The fourth-order valence-corrected chi connectivity index (χ4v) is 4.92. The highest BCUT2D eigenvalue weighted by atomic mass is 32.1. The minimum Gasteiger partial charge on any atom is -0.383 e. The molecule has 0 radical (unpaired) electrons. The number of aromatic nitrogens is 1. The van der Waals surface area contributed by atoms with Gasteiger partial charge in [-0.3, -0.25) is 14.9 Å². The van der Waals surface area contributed by atoms with Crippen molar-refractivity contribution in [3.8, 4) is 0 Å². The fourth-order valence-electron chi connectivity index (χ4n) is 3.86. The monoisotopic (exact) mass is 440 g/mol. The molecule has 1 aliphatic heterocycles. The van der Waals surface area contributed by atoms with Crippen molar-refractivity contribution in [3.63, 3.8) is 0 Å². The second-order valence-corrected chi connectivity index (χ2v) is 8.43. The van der Waals surface area contributed by atoms with E-state index in [1.54, 1.807) is 19.2 Å². The molecule has 2 aromatic carbocycles. The molecule has 3 aromatic rings. The first kappa shape index (κ1) is 21.2. The minimum absolute atomic E-state index is 0.0495. The third-order valence-electron chi connectivity index (χ3n) is 5.42. The van der Waals surface area contributed by atoms with Gasteiger partial charge in [-0.15, -0.1) is 0 Å². The van der Waals surface area contributed by atoms with Gasteiger partial charge in [0.2, 0.25) is 0 Å². The molecular weight excluding hydrogens is 416 g/mol. The van der Waals surface area contributed by atoms with E-state index in [2.05, 4.69) is 4.99 Å². The highest BCUT2D eigenvalue weighted by Crippen LogP contribution is 2.31. The molecule has 2 heterocycles. The number of carbonyl (C=O) groups excluding carboxylic acids is 1. The number of nitro benzene ring substituents is 1. The van der Waals surface area contributed by atoms with Gasteiger partial charge in [0, 0.05) is 38.4 Å². The van der Waals surface area contributed by atoms with Crippen LogP contribution in [0.25, 0.3) is 10.2 Å². The van der Waals surface area contributed by atoms with Gasteiger partial charge in [0.1, 0.15) is 5.69 Å². The van der Waals surface area contributed by atoms with Crippen molar-refractivity contribution in [3.05, 3.63) is 62.9 Å². The number of para-hydroxylation sites is 1. The summed E-state index contributed by atoms with van der Waals surface area (Å²) in [6.45, 7) is 2.62. The Labute approximate surface area is 183 Å². The van der Waals surface area contributed by atoms with Gasteiger partial charge in [-0.2, -0.15) is 4.99 Å². The van der Waals surface area contributed by atoms with Gasteiger partial charge in [-0.05, 0) is 43.5 Å². The molecule has 0 aliphatic carbocycles. The first-order valence-corrected chi connectivity index (χ1v) is 11.1. The fraction of sp³-hybridized carbons (Fsp3) is 0.364. The summed E-state index contributed by atoms with van der Waals surface area (Å²) >= 11 is 1.41. The Balaban J connectivity index is 1.72. The van der Waals surface area contributed by atoms with Gasteiger partial charge in [0.05, 0.1) is 21.7 Å². The lowest BCUT2D eigenvalue weighted by atomic mass is 10.1. The summed E-state index contributed by atoms with van der Waals surface area (Å²) < 4.78 is 8.15. The Bertz CT molecular complexity index is 1180. The van der Waals surface area contributed by atoms with Crippen molar-refractivity contribution in [2.75, 3.05) is 31.7 Å². The number of piperidine rings is 1. The number of methoxy groups -OCH3 is 1. The number of carbonyl (C=O) groups is 1. The zero-order valence-corrected chi connectivity index (χ0v) is 18.1. The number of amides is 1. The molecule has 1 fully saturated rings. The third kappa shape index (κ3) is 4.52. The van der Waals surface area contributed by atoms with E-state index in [1.165, 1.54) is 17.4 Å². The average molecular weight is 441 g/mol. The van der Waals surface area contributed by atoms with E-state index in [9.17, 15) is 14.9 Å². The molecule has 1 aliphatic rings. The van der Waals surface area contributed by atoms with Crippen LogP contribution in [0.4, 0.5) is 11.4 Å². The van der Waals surface area contributed by atoms with Gasteiger partial charge in [0.15, 0.2) is 4.80 Å². The van der Waals surface area contributed by atoms with E-state index in [0.717, 1.165) is 42.6 Å². The van der Waals surface area contributed by atoms with E-state index in [4.69, 9.17) is 4.74 Å². The summed E-state index contributed by atoms with van der Waals surface area (Å²) in [5.41, 5.74) is 1.70. The molecule has 0 saturated carbocycles. The number of hydrogen-bond acceptors (Lipinski definition) is 6. The van der Waals surface area contributed by atoms with E-state index < -0.39 is 10.8 Å². The molecule has 0 N–H and O–H groups in total. The van der Waals surface area contributed by atoms with Crippen LogP contribution in [0, 0.1) is 10.1 Å². The molecule has 0 unspecified atom stereocenters. The standard InChI is InChI=1S/C22H24N4O4S/c1-30-14-13-25-18-7-3-4-8-20(18)31-22(25)23-21(27)16-9-10-17(19(15-16)26(28)29)24-11-5-2-6-12-24/h3-4,7-10,15H,2,5-6,11-14H2,1H3. The summed E-state index contributed by atoms with van der Waals surface area (Å²) in [5, 5.41) is 11.7. The molecule has 162 valence electrons. The molecule has 1 amide bonds. The Morgan fingerprint density at radius 3 is 2.71 bits per heavy atom. The van der Waals surface area contributed by atoms with Crippen LogP contribution >= 0.6 is 11.3 Å². The van der Waals surface area contributed by atoms with Gasteiger partial charge < -0.3 is 14.2 Å². The lowest BCUT2D eigenvalue weighted by molar-refractivity contribution is -0.384. The maximum Gasteiger partial charge on any atom is 0.293 e. The van der Waals surface area contributed by atoms with Gasteiger partial charge in [0.25, 0.3) is 11.6 Å². The van der Waals surface area contributed by atoms with Crippen molar-refractivity contribution in [1.82, 2.24) is 4.57 Å². The molecule has 0 spiro atoms. The molecule has 4 rings (SSSR count). The summed E-state index contributed by atoms with van der Waals surface area (Å²) in [5.74, 6) is -0.494. The molecule has 0 bridgehead atoms. The zero-order chi connectivity index (χ0) is 21.8. The second kappa shape index (κ2) is 9.40. The van der Waals surface area contributed by atoms with Crippen LogP contribution in [0.5, 0.6) is 0 Å². The first-order valence-electron chi connectivity index (χ1n) is 10.3. The number of hydrogen-bond donors (Lipinski definition) is 0. The number of benzene rings is 2. The predicted octanol–water partition coefficient (Wildman–Crippen LogP) is 3.99. The topological polar surface area (TPSA) is 90.0 Å². The number of anilines is 1. The number of nitro groups is 1. The van der Waals surface area contributed by atoms with Crippen LogP contribution in [-0.2, 0) is 11.3 Å². The SMILES string of the molecule is COCCn1c(=NC(=O)c2ccc(N3CCCCC3)c([N+](=O)[O-])c2)sc2ccccc21. The largest absolute Gasteiger partial charge is 0.383 e. The zero-order valence-electron chi connectivity index (χ0n) is 17.3. The lowest BCUT2D eigenvalue weighted by Crippen LogP contribution is -2.30. The maximum absolute atomic E-state index is 12.9. The quantitative estimate of drug-likeness (QED) is 0.427. The average Bonchev–Trinajstić information content (AvgIpc) is 3.14. The van der Waals surface area contributed by atoms with Crippen LogP contribution in [-0.4, -0.2) is 42.2 Å². The van der Waals surface area contributed by atoms with Crippen molar-refractivity contribution < 1.29 is 14.5 Å². The third-order valence-corrected chi connectivity index (χ3v) is 6.48. The van der Waals surface area contributed by atoms with Crippen LogP contribution in [0.15, 0.2) is 47.5 Å².